The minimum atomic E-state index is 0.220. The molecule has 0 aromatic heterocycles. The van der Waals surface area contributed by atoms with Gasteiger partial charge in [0.25, 0.3) is 0 Å². The second-order valence-corrected chi connectivity index (χ2v) is 5.78. The average molecular weight is 221 g/mol. The Bertz CT molecular complexity index is 342. The van der Waals surface area contributed by atoms with Crippen LogP contribution in [-0.2, 0) is 0 Å². The highest BCUT2D eigenvalue weighted by Crippen LogP contribution is 2.35. The van der Waals surface area contributed by atoms with Crippen molar-refractivity contribution in [2.45, 2.75) is 38.0 Å². The normalized spacial score (nSPS) is 23.0. The molecule has 1 aromatic rings. The number of nitrogens with two attached hydrogens (primary N) is 1. The highest BCUT2D eigenvalue weighted by molar-refractivity contribution is 8.00. The first kappa shape index (κ1) is 11.0. The second-order valence-electron chi connectivity index (χ2n) is 4.44. The molecule has 0 radical (unpaired) electrons. The third kappa shape index (κ3) is 2.37. The Hall–Kier alpha value is -0.470. The molecule has 1 heterocycles. The Kier molecular flexibility index (Phi) is 3.37. The SMILES string of the molecule is Cc1ccc(C(N)C2CCCS2)c(C)c1. The van der Waals surface area contributed by atoms with E-state index in [1.54, 1.807) is 0 Å². The maximum absolute atomic E-state index is 6.33. The third-order valence-electron chi connectivity index (χ3n) is 3.15. The maximum atomic E-state index is 6.33. The zero-order valence-electron chi connectivity index (χ0n) is 9.49. The molecule has 1 saturated heterocycles. The van der Waals surface area contributed by atoms with Gasteiger partial charge in [0.1, 0.15) is 0 Å². The standard InChI is InChI=1S/C13H19NS/c1-9-5-6-11(10(2)8-9)13(14)12-4-3-7-15-12/h5-6,8,12-13H,3-4,7,14H2,1-2H3. The van der Waals surface area contributed by atoms with Crippen LogP contribution >= 0.6 is 11.8 Å². The van der Waals surface area contributed by atoms with Gasteiger partial charge in [-0.2, -0.15) is 11.8 Å². The Morgan fingerprint density at radius 1 is 1.40 bits per heavy atom. The largest absolute Gasteiger partial charge is 0.323 e. The van der Waals surface area contributed by atoms with Crippen molar-refractivity contribution in [3.05, 3.63) is 34.9 Å². The predicted molar refractivity (Wildman–Crippen MR) is 68.3 cm³/mol. The van der Waals surface area contributed by atoms with Crippen molar-refractivity contribution < 1.29 is 0 Å². The van der Waals surface area contributed by atoms with Crippen molar-refractivity contribution >= 4 is 11.8 Å². The van der Waals surface area contributed by atoms with Gasteiger partial charge in [-0.1, -0.05) is 23.8 Å². The lowest BCUT2D eigenvalue weighted by atomic mass is 9.96. The van der Waals surface area contributed by atoms with Crippen LogP contribution in [0.5, 0.6) is 0 Å². The van der Waals surface area contributed by atoms with Crippen molar-refractivity contribution in [2.75, 3.05) is 5.75 Å². The van der Waals surface area contributed by atoms with Crippen molar-refractivity contribution in [1.29, 1.82) is 0 Å². The van der Waals surface area contributed by atoms with E-state index in [9.17, 15) is 0 Å². The zero-order chi connectivity index (χ0) is 10.8. The van der Waals surface area contributed by atoms with Gasteiger partial charge in [0.15, 0.2) is 0 Å². The molecule has 0 spiro atoms. The molecule has 0 saturated carbocycles. The van der Waals surface area contributed by atoms with Gasteiger partial charge in [-0.15, -0.1) is 0 Å². The minimum Gasteiger partial charge on any atom is -0.323 e. The van der Waals surface area contributed by atoms with Gasteiger partial charge in [-0.05, 0) is 43.6 Å². The van der Waals surface area contributed by atoms with E-state index < -0.39 is 0 Å². The summed E-state index contributed by atoms with van der Waals surface area (Å²) in [4.78, 5) is 0. The number of thioether (sulfide) groups is 1. The lowest BCUT2D eigenvalue weighted by Gasteiger charge is -2.20. The molecule has 1 aliphatic rings. The van der Waals surface area contributed by atoms with E-state index in [1.165, 1.54) is 35.3 Å². The van der Waals surface area contributed by atoms with E-state index in [2.05, 4.69) is 32.0 Å². The fourth-order valence-electron chi connectivity index (χ4n) is 2.29. The Morgan fingerprint density at radius 3 is 2.80 bits per heavy atom. The van der Waals surface area contributed by atoms with Gasteiger partial charge in [-0.25, -0.2) is 0 Å². The topological polar surface area (TPSA) is 26.0 Å². The molecule has 2 rings (SSSR count). The first-order valence-electron chi connectivity index (χ1n) is 5.63. The van der Waals surface area contributed by atoms with Gasteiger partial charge in [0.2, 0.25) is 0 Å². The van der Waals surface area contributed by atoms with E-state index >= 15 is 0 Å². The van der Waals surface area contributed by atoms with Crippen LogP contribution in [0.2, 0.25) is 0 Å². The molecule has 1 aromatic carbocycles. The molecule has 1 nitrogen and oxygen atoms in total. The highest BCUT2D eigenvalue weighted by Gasteiger charge is 2.24. The van der Waals surface area contributed by atoms with Gasteiger partial charge in [0, 0.05) is 11.3 Å². The first-order valence-corrected chi connectivity index (χ1v) is 6.67. The fraction of sp³-hybridized carbons (Fsp3) is 0.538. The van der Waals surface area contributed by atoms with Crippen molar-refractivity contribution in [3.8, 4) is 0 Å². The smallest absolute Gasteiger partial charge is 0.0418 e. The van der Waals surface area contributed by atoms with Crippen LogP contribution in [0.1, 0.15) is 35.6 Å². The first-order chi connectivity index (χ1) is 7.18. The molecule has 82 valence electrons. The van der Waals surface area contributed by atoms with Crippen LogP contribution in [0.15, 0.2) is 18.2 Å². The van der Waals surface area contributed by atoms with E-state index in [1.807, 2.05) is 11.8 Å². The van der Waals surface area contributed by atoms with Crippen molar-refractivity contribution in [1.82, 2.24) is 0 Å². The van der Waals surface area contributed by atoms with Gasteiger partial charge < -0.3 is 5.73 Å². The molecular weight excluding hydrogens is 202 g/mol. The molecule has 1 aliphatic heterocycles. The molecule has 2 atom stereocenters. The molecule has 0 bridgehead atoms. The van der Waals surface area contributed by atoms with Crippen LogP contribution in [0.3, 0.4) is 0 Å². The molecular formula is C13H19NS. The lowest BCUT2D eigenvalue weighted by Crippen LogP contribution is -2.22. The average Bonchev–Trinajstić information content (AvgIpc) is 2.69. The summed E-state index contributed by atoms with van der Waals surface area (Å²) >= 11 is 2.03. The van der Waals surface area contributed by atoms with E-state index in [-0.39, 0.29) is 6.04 Å². The lowest BCUT2D eigenvalue weighted by molar-refractivity contribution is 0.642. The quantitative estimate of drug-likeness (QED) is 0.830. The fourth-order valence-corrected chi connectivity index (χ4v) is 3.61. The Labute approximate surface area is 96.4 Å². The predicted octanol–water partition coefficient (Wildman–Crippen LogP) is 3.20. The summed E-state index contributed by atoms with van der Waals surface area (Å²) in [5.74, 6) is 1.28. The molecule has 1 fully saturated rings. The van der Waals surface area contributed by atoms with Crippen LogP contribution < -0.4 is 5.73 Å². The van der Waals surface area contributed by atoms with Gasteiger partial charge in [0.05, 0.1) is 0 Å². The molecule has 2 N–H and O–H groups in total. The summed E-state index contributed by atoms with van der Waals surface area (Å²) in [6.45, 7) is 4.30. The van der Waals surface area contributed by atoms with E-state index in [0.29, 0.717) is 5.25 Å². The van der Waals surface area contributed by atoms with Crippen LogP contribution in [0.4, 0.5) is 0 Å². The molecule has 2 unspecified atom stereocenters. The number of benzene rings is 1. The van der Waals surface area contributed by atoms with Crippen molar-refractivity contribution in [3.63, 3.8) is 0 Å². The summed E-state index contributed by atoms with van der Waals surface area (Å²) < 4.78 is 0. The van der Waals surface area contributed by atoms with Crippen LogP contribution in [0.25, 0.3) is 0 Å². The summed E-state index contributed by atoms with van der Waals surface area (Å²) in [5, 5.41) is 0.631. The summed E-state index contributed by atoms with van der Waals surface area (Å²) in [5.41, 5.74) is 10.3. The summed E-state index contributed by atoms with van der Waals surface area (Å²) in [7, 11) is 0. The summed E-state index contributed by atoms with van der Waals surface area (Å²) in [6.07, 6.45) is 2.60. The van der Waals surface area contributed by atoms with E-state index in [4.69, 9.17) is 5.73 Å². The van der Waals surface area contributed by atoms with Crippen LogP contribution in [-0.4, -0.2) is 11.0 Å². The number of hydrogen-bond acceptors (Lipinski definition) is 2. The van der Waals surface area contributed by atoms with E-state index in [0.717, 1.165) is 0 Å². The zero-order valence-corrected chi connectivity index (χ0v) is 10.3. The number of hydrogen-bond donors (Lipinski definition) is 1. The highest BCUT2D eigenvalue weighted by atomic mass is 32.2. The van der Waals surface area contributed by atoms with Gasteiger partial charge in [-0.3, -0.25) is 0 Å². The Balaban J connectivity index is 2.20. The Morgan fingerprint density at radius 2 is 2.20 bits per heavy atom. The molecule has 0 amide bonds. The number of rotatable bonds is 2. The monoisotopic (exact) mass is 221 g/mol. The molecule has 0 aliphatic carbocycles. The van der Waals surface area contributed by atoms with Gasteiger partial charge >= 0.3 is 0 Å². The van der Waals surface area contributed by atoms with Crippen molar-refractivity contribution in [2.24, 2.45) is 5.73 Å². The maximum Gasteiger partial charge on any atom is 0.0418 e. The molecule has 15 heavy (non-hydrogen) atoms. The number of aryl methyl sites for hydroxylation is 2. The third-order valence-corrected chi connectivity index (χ3v) is 4.63. The second kappa shape index (κ2) is 4.58. The molecule has 2 heteroatoms. The van der Waals surface area contributed by atoms with Crippen LogP contribution in [0, 0.1) is 13.8 Å². The summed E-state index contributed by atoms with van der Waals surface area (Å²) in [6, 6.07) is 6.82. The minimum absolute atomic E-state index is 0.220.